The van der Waals surface area contributed by atoms with Gasteiger partial charge in [0, 0.05) is 5.39 Å². The maximum Gasteiger partial charge on any atom is 0.238 e. The van der Waals surface area contributed by atoms with Gasteiger partial charge in [-0.3, -0.25) is 9.59 Å². The molecule has 0 bridgehead atoms. The third kappa shape index (κ3) is 0.615. The van der Waals surface area contributed by atoms with Gasteiger partial charge >= 0.3 is 0 Å². The number of benzene rings is 1. The lowest BCUT2D eigenvalue weighted by molar-refractivity contribution is 0.174. The first-order valence-electron chi connectivity index (χ1n) is 3.80. The summed E-state index contributed by atoms with van der Waals surface area (Å²) in [6.45, 7) is 0.118. The van der Waals surface area contributed by atoms with Crippen molar-refractivity contribution in [2.45, 2.75) is 0 Å². The van der Waals surface area contributed by atoms with E-state index in [0.717, 1.165) is 0 Å². The summed E-state index contributed by atoms with van der Waals surface area (Å²) < 4.78 is 10.2. The minimum Gasteiger partial charge on any atom is -0.454 e. The van der Waals surface area contributed by atoms with Crippen molar-refractivity contribution < 1.29 is 9.47 Å². The summed E-state index contributed by atoms with van der Waals surface area (Å²) in [6, 6.07) is 3.23. The molecule has 0 aromatic heterocycles. The maximum atomic E-state index is 11.1. The van der Waals surface area contributed by atoms with Gasteiger partial charge in [-0.05, 0) is 12.1 Å². The highest BCUT2D eigenvalue weighted by molar-refractivity contribution is 5.95. The first-order chi connectivity index (χ1) is 6.29. The second kappa shape index (κ2) is 1.90. The van der Waals surface area contributed by atoms with E-state index in [1.54, 1.807) is 12.1 Å². The van der Waals surface area contributed by atoms with E-state index in [2.05, 4.69) is 0 Å². The van der Waals surface area contributed by atoms with Crippen LogP contribution < -0.4 is 20.3 Å². The standard InChI is InChI=1S/C9H4O4/c10-7-4-1-2-5-9(13-3-12-5)6(4)8(7)11/h1-2H,3H2. The normalized spacial score (nSPS) is 14.2. The fourth-order valence-electron chi connectivity index (χ4n) is 1.56. The number of fused-ring (bicyclic) bond motifs is 3. The lowest BCUT2D eigenvalue weighted by Gasteiger charge is -2.01. The van der Waals surface area contributed by atoms with Gasteiger partial charge in [0.2, 0.25) is 17.7 Å². The molecule has 0 saturated heterocycles. The van der Waals surface area contributed by atoms with E-state index in [-0.39, 0.29) is 6.79 Å². The first-order valence-corrected chi connectivity index (χ1v) is 3.80. The van der Waals surface area contributed by atoms with Crippen LogP contribution >= 0.6 is 0 Å². The van der Waals surface area contributed by atoms with Gasteiger partial charge in [0.15, 0.2) is 11.5 Å². The summed E-state index contributed by atoms with van der Waals surface area (Å²) in [5, 5.41) is 0.814. The van der Waals surface area contributed by atoms with Crippen molar-refractivity contribution >= 4 is 10.8 Å². The average Bonchev–Trinajstić information content (AvgIpc) is 2.61. The van der Waals surface area contributed by atoms with Crippen LogP contribution in [-0.4, -0.2) is 6.79 Å². The minimum absolute atomic E-state index is 0.118. The van der Waals surface area contributed by atoms with E-state index in [0.29, 0.717) is 22.3 Å². The van der Waals surface area contributed by atoms with Gasteiger partial charge in [-0.1, -0.05) is 0 Å². The third-order valence-corrected chi connectivity index (χ3v) is 2.22. The Morgan fingerprint density at radius 3 is 2.77 bits per heavy atom. The molecule has 0 saturated carbocycles. The molecule has 0 N–H and O–H groups in total. The molecule has 3 rings (SSSR count). The van der Waals surface area contributed by atoms with E-state index in [1.807, 2.05) is 0 Å². The Bertz CT molecular complexity index is 575. The predicted molar refractivity (Wildman–Crippen MR) is 45.0 cm³/mol. The Hall–Kier alpha value is -1.84. The summed E-state index contributed by atoms with van der Waals surface area (Å²) in [5.41, 5.74) is -0.911. The molecule has 13 heavy (non-hydrogen) atoms. The third-order valence-electron chi connectivity index (χ3n) is 2.22. The average molecular weight is 176 g/mol. The molecular formula is C9H4O4. The molecule has 1 aliphatic heterocycles. The van der Waals surface area contributed by atoms with Gasteiger partial charge in [-0.2, -0.15) is 0 Å². The van der Waals surface area contributed by atoms with Crippen LogP contribution in [0.4, 0.5) is 0 Å². The Morgan fingerprint density at radius 1 is 1.08 bits per heavy atom. The second-order valence-corrected chi connectivity index (χ2v) is 2.88. The molecule has 4 nitrogen and oxygen atoms in total. The smallest absolute Gasteiger partial charge is 0.238 e. The molecular weight excluding hydrogens is 172 g/mol. The van der Waals surface area contributed by atoms with Crippen molar-refractivity contribution in [1.29, 1.82) is 0 Å². The Morgan fingerprint density at radius 2 is 1.92 bits per heavy atom. The minimum atomic E-state index is -0.475. The van der Waals surface area contributed by atoms with Crippen molar-refractivity contribution in [3.8, 4) is 11.5 Å². The Balaban J connectivity index is 2.53. The molecule has 0 aliphatic carbocycles. The first kappa shape index (κ1) is 6.65. The number of hydrogen-bond donors (Lipinski definition) is 0. The molecule has 0 fully saturated rings. The maximum absolute atomic E-state index is 11.1. The molecule has 0 radical (unpaired) electrons. The molecule has 0 amide bonds. The molecule has 1 heterocycles. The zero-order valence-corrected chi connectivity index (χ0v) is 6.49. The zero-order valence-electron chi connectivity index (χ0n) is 6.49. The van der Waals surface area contributed by atoms with Crippen LogP contribution in [0.2, 0.25) is 0 Å². The Kier molecular flexibility index (Phi) is 0.974. The second-order valence-electron chi connectivity index (χ2n) is 2.88. The van der Waals surface area contributed by atoms with Gasteiger partial charge in [0.1, 0.15) is 0 Å². The van der Waals surface area contributed by atoms with Crippen LogP contribution in [0.5, 0.6) is 11.5 Å². The van der Waals surface area contributed by atoms with E-state index < -0.39 is 10.9 Å². The molecule has 0 unspecified atom stereocenters. The number of ether oxygens (including phenoxy) is 2. The van der Waals surface area contributed by atoms with Gasteiger partial charge < -0.3 is 9.47 Å². The van der Waals surface area contributed by atoms with E-state index in [9.17, 15) is 9.59 Å². The summed E-state index contributed by atoms with van der Waals surface area (Å²) in [4.78, 5) is 22.1. The zero-order chi connectivity index (χ0) is 9.00. The van der Waals surface area contributed by atoms with E-state index in [4.69, 9.17) is 9.47 Å². The van der Waals surface area contributed by atoms with Crippen molar-refractivity contribution in [1.82, 2.24) is 0 Å². The lowest BCUT2D eigenvalue weighted by atomic mass is 10.0. The van der Waals surface area contributed by atoms with Crippen LogP contribution in [0, 0.1) is 0 Å². The van der Waals surface area contributed by atoms with Gasteiger partial charge in [-0.25, -0.2) is 0 Å². The van der Waals surface area contributed by atoms with Crippen molar-refractivity contribution in [2.24, 2.45) is 0 Å². The van der Waals surface area contributed by atoms with Crippen molar-refractivity contribution in [2.75, 3.05) is 6.79 Å². The number of hydrogen-bond acceptors (Lipinski definition) is 4. The van der Waals surface area contributed by atoms with Gasteiger partial charge in [0.25, 0.3) is 0 Å². The predicted octanol–water partition coefficient (Wildman–Crippen LogP) is 0.164. The highest BCUT2D eigenvalue weighted by Crippen LogP contribution is 2.36. The van der Waals surface area contributed by atoms with Crippen molar-refractivity contribution in [3.63, 3.8) is 0 Å². The van der Waals surface area contributed by atoms with Gasteiger partial charge in [-0.15, -0.1) is 0 Å². The SMILES string of the molecule is O=c1c(=O)c2c3c(ccc12)OCO3. The molecule has 1 aliphatic rings. The van der Waals surface area contributed by atoms with Gasteiger partial charge in [0.05, 0.1) is 5.39 Å². The summed E-state index contributed by atoms with van der Waals surface area (Å²) >= 11 is 0. The molecule has 4 heteroatoms. The summed E-state index contributed by atoms with van der Waals surface area (Å²) in [7, 11) is 0. The van der Waals surface area contributed by atoms with Crippen LogP contribution in [0.3, 0.4) is 0 Å². The molecule has 2 aromatic rings. The van der Waals surface area contributed by atoms with Crippen LogP contribution in [0.15, 0.2) is 21.7 Å². The largest absolute Gasteiger partial charge is 0.454 e. The topological polar surface area (TPSA) is 52.6 Å². The monoisotopic (exact) mass is 176 g/mol. The van der Waals surface area contributed by atoms with Crippen LogP contribution in [-0.2, 0) is 0 Å². The summed E-state index contributed by atoms with van der Waals surface area (Å²) in [5.74, 6) is 0.960. The highest BCUT2D eigenvalue weighted by atomic mass is 16.7. The van der Waals surface area contributed by atoms with Crippen LogP contribution in [0.25, 0.3) is 10.8 Å². The van der Waals surface area contributed by atoms with Crippen LogP contribution in [0.1, 0.15) is 0 Å². The molecule has 64 valence electrons. The van der Waals surface area contributed by atoms with E-state index >= 15 is 0 Å². The fourth-order valence-corrected chi connectivity index (χ4v) is 1.56. The molecule has 0 atom stereocenters. The fraction of sp³-hybridized carbons (Fsp3) is 0.111. The summed E-state index contributed by atoms with van der Waals surface area (Å²) in [6.07, 6.45) is 0. The lowest BCUT2D eigenvalue weighted by Crippen LogP contribution is -2.30. The molecule has 2 aromatic carbocycles. The van der Waals surface area contributed by atoms with Crippen molar-refractivity contribution in [3.05, 3.63) is 32.6 Å². The quantitative estimate of drug-likeness (QED) is 0.537. The molecule has 0 spiro atoms. The number of rotatable bonds is 0. The highest BCUT2D eigenvalue weighted by Gasteiger charge is 2.24. The van der Waals surface area contributed by atoms with E-state index in [1.165, 1.54) is 0 Å². The Labute approximate surface area is 72.0 Å².